The summed E-state index contributed by atoms with van der Waals surface area (Å²) in [7, 11) is 0. The average Bonchev–Trinajstić information content (AvgIpc) is 2.86. The number of fused-ring (bicyclic) bond motifs is 1. The van der Waals surface area contributed by atoms with Crippen LogP contribution in [-0.2, 0) is 12.0 Å². The number of aliphatic hydroxyl groups is 2. The molecule has 4 rings (SSSR count). The first kappa shape index (κ1) is 26.6. The van der Waals surface area contributed by atoms with Gasteiger partial charge in [-0.1, -0.05) is 86.1 Å². The van der Waals surface area contributed by atoms with E-state index in [4.69, 9.17) is 11.6 Å². The predicted molar refractivity (Wildman–Crippen MR) is 148 cm³/mol. The second-order valence-electron chi connectivity index (χ2n) is 8.85. The third-order valence-corrected chi connectivity index (χ3v) is 6.02. The highest BCUT2D eigenvalue weighted by molar-refractivity contribution is 6.31. The molecule has 3 nitrogen and oxygen atoms in total. The molecular weight excluding hydrogens is 454 g/mol. The maximum Gasteiger partial charge on any atom is 0.0843 e. The minimum atomic E-state index is -0.908. The minimum absolute atomic E-state index is 0.577. The lowest BCUT2D eigenvalue weighted by atomic mass is 9.90. The monoisotopic (exact) mass is 487 g/mol. The first-order chi connectivity index (χ1) is 16.8. The van der Waals surface area contributed by atoms with Crippen molar-refractivity contribution in [1.82, 2.24) is 4.98 Å². The van der Waals surface area contributed by atoms with Crippen molar-refractivity contribution in [2.24, 2.45) is 0 Å². The van der Waals surface area contributed by atoms with Crippen LogP contribution in [0.3, 0.4) is 0 Å². The van der Waals surface area contributed by atoms with Crippen molar-refractivity contribution in [3.63, 3.8) is 0 Å². The van der Waals surface area contributed by atoms with E-state index >= 15 is 0 Å². The van der Waals surface area contributed by atoms with Gasteiger partial charge in [0.05, 0.1) is 22.9 Å². The third kappa shape index (κ3) is 7.25. The van der Waals surface area contributed by atoms with Crippen LogP contribution in [0.25, 0.3) is 23.1 Å². The van der Waals surface area contributed by atoms with E-state index in [2.05, 4.69) is 4.98 Å². The Labute approximate surface area is 213 Å². The van der Waals surface area contributed by atoms with Gasteiger partial charge in [-0.25, -0.2) is 4.98 Å². The second kappa shape index (κ2) is 12.1. The van der Waals surface area contributed by atoms with Gasteiger partial charge in [-0.15, -0.1) is 0 Å². The predicted octanol–water partition coefficient (Wildman–Crippen LogP) is 7.98. The van der Waals surface area contributed by atoms with Crippen LogP contribution in [0.5, 0.6) is 0 Å². The smallest absolute Gasteiger partial charge is 0.0843 e. The fourth-order valence-corrected chi connectivity index (χ4v) is 4.21. The summed E-state index contributed by atoms with van der Waals surface area (Å²) in [4.78, 5) is 4.66. The number of rotatable bonds is 7. The molecule has 0 aliphatic rings. The van der Waals surface area contributed by atoms with Crippen LogP contribution in [0.1, 0.15) is 68.2 Å². The molecule has 1 atom stereocenters. The molecule has 1 aromatic heterocycles. The lowest BCUT2D eigenvalue weighted by molar-refractivity contribution is 0.0772. The van der Waals surface area contributed by atoms with E-state index in [-0.39, 0.29) is 0 Å². The lowest BCUT2D eigenvalue weighted by Gasteiger charge is -2.22. The molecule has 0 radical (unpaired) electrons. The van der Waals surface area contributed by atoms with Crippen LogP contribution in [0, 0.1) is 0 Å². The second-order valence-corrected chi connectivity index (χ2v) is 9.28. The first-order valence-electron chi connectivity index (χ1n) is 12.1. The molecule has 4 aromatic rings. The van der Waals surface area contributed by atoms with Crippen LogP contribution >= 0.6 is 11.6 Å². The molecule has 3 aromatic carbocycles. The molecule has 0 bridgehead atoms. The Kier molecular flexibility index (Phi) is 9.22. The highest BCUT2D eigenvalue weighted by Gasteiger charge is 2.20. The fourth-order valence-electron chi connectivity index (χ4n) is 4.04. The number of benzene rings is 3. The van der Waals surface area contributed by atoms with Gasteiger partial charge in [-0.05, 0) is 79.3 Å². The zero-order valence-corrected chi connectivity index (χ0v) is 21.6. The molecule has 0 saturated carbocycles. The van der Waals surface area contributed by atoms with Crippen molar-refractivity contribution < 1.29 is 10.2 Å². The van der Waals surface area contributed by atoms with E-state index < -0.39 is 11.7 Å². The molecule has 2 N–H and O–H groups in total. The topological polar surface area (TPSA) is 53.4 Å². The highest BCUT2D eigenvalue weighted by Crippen LogP contribution is 2.27. The summed E-state index contributed by atoms with van der Waals surface area (Å²) >= 11 is 6.09. The largest absolute Gasteiger partial charge is 0.388 e. The number of aryl methyl sites for hydroxylation is 1. The average molecular weight is 488 g/mol. The van der Waals surface area contributed by atoms with Crippen LogP contribution in [-0.4, -0.2) is 15.2 Å². The van der Waals surface area contributed by atoms with E-state index in [0.717, 1.165) is 38.9 Å². The number of aromatic nitrogens is 1. The number of halogens is 1. The standard InChI is InChI=1S/C29H28ClNO2.C2H6/c1-29(2,33)26-9-4-3-7-21(26)13-17-28(32)23-8-5-6-20(18-23)10-15-25-16-12-22-11-14-24(30)19-27(22)31-25;1-2/h3-12,14-16,18-19,28,32-33H,13,17H2,1-2H3;1-2H3/b15-10+;. The Morgan fingerprint density at radius 2 is 1.66 bits per heavy atom. The van der Waals surface area contributed by atoms with E-state index in [0.29, 0.717) is 17.9 Å². The SMILES string of the molecule is CC.CC(C)(O)c1ccccc1CCC(O)c1cccc(/C=C/c2ccc3ccc(Cl)cc3n2)c1. The summed E-state index contributed by atoms with van der Waals surface area (Å²) in [6.07, 6.45) is 4.64. The third-order valence-electron chi connectivity index (χ3n) is 5.78. The Morgan fingerprint density at radius 3 is 2.43 bits per heavy atom. The fraction of sp³-hybridized carbons (Fsp3) is 0.258. The first-order valence-corrected chi connectivity index (χ1v) is 12.5. The highest BCUT2D eigenvalue weighted by atomic mass is 35.5. The van der Waals surface area contributed by atoms with Gasteiger partial charge in [0.15, 0.2) is 0 Å². The molecule has 0 aliphatic heterocycles. The van der Waals surface area contributed by atoms with Gasteiger partial charge in [0, 0.05) is 10.4 Å². The van der Waals surface area contributed by atoms with E-state index in [1.54, 1.807) is 13.8 Å². The van der Waals surface area contributed by atoms with E-state index in [1.165, 1.54) is 0 Å². The minimum Gasteiger partial charge on any atom is -0.388 e. The molecule has 182 valence electrons. The van der Waals surface area contributed by atoms with Crippen LogP contribution in [0.4, 0.5) is 0 Å². The van der Waals surface area contributed by atoms with Crippen LogP contribution in [0.2, 0.25) is 5.02 Å². The molecule has 4 heteroatoms. The maximum atomic E-state index is 10.8. The number of pyridine rings is 1. The van der Waals surface area contributed by atoms with Crippen LogP contribution < -0.4 is 0 Å². The summed E-state index contributed by atoms with van der Waals surface area (Å²) in [6.45, 7) is 7.58. The molecule has 1 unspecified atom stereocenters. The number of hydrogen-bond acceptors (Lipinski definition) is 3. The lowest BCUT2D eigenvalue weighted by Crippen LogP contribution is -2.18. The summed E-state index contributed by atoms with van der Waals surface area (Å²) in [6, 6.07) is 25.5. The van der Waals surface area contributed by atoms with Gasteiger partial charge in [0.25, 0.3) is 0 Å². The molecule has 0 aliphatic carbocycles. The molecule has 35 heavy (non-hydrogen) atoms. The molecule has 0 saturated heterocycles. The van der Waals surface area contributed by atoms with Crippen LogP contribution in [0.15, 0.2) is 78.9 Å². The van der Waals surface area contributed by atoms with Gasteiger partial charge < -0.3 is 10.2 Å². The molecular formula is C31H34ClNO2. The van der Waals surface area contributed by atoms with Gasteiger partial charge in [-0.2, -0.15) is 0 Å². The summed E-state index contributed by atoms with van der Waals surface area (Å²) in [5.41, 5.74) is 4.63. The van der Waals surface area contributed by atoms with Crippen molar-refractivity contribution in [3.8, 4) is 0 Å². The number of nitrogens with zero attached hydrogens (tertiary/aromatic N) is 1. The summed E-state index contributed by atoms with van der Waals surface area (Å²) in [5.74, 6) is 0. The number of hydrogen-bond donors (Lipinski definition) is 2. The quantitative estimate of drug-likeness (QED) is 0.278. The molecule has 0 amide bonds. The Morgan fingerprint density at radius 1 is 0.914 bits per heavy atom. The van der Waals surface area contributed by atoms with Gasteiger partial charge in [-0.3, -0.25) is 0 Å². The molecule has 0 fully saturated rings. The van der Waals surface area contributed by atoms with Crippen molar-refractivity contribution in [2.75, 3.05) is 0 Å². The normalized spacial score (nSPS) is 12.4. The van der Waals surface area contributed by atoms with Crippen molar-refractivity contribution in [1.29, 1.82) is 0 Å². The Balaban J connectivity index is 0.00000167. The molecule has 1 heterocycles. The summed E-state index contributed by atoms with van der Waals surface area (Å²) < 4.78 is 0. The van der Waals surface area contributed by atoms with E-state index in [9.17, 15) is 10.2 Å². The summed E-state index contributed by atoms with van der Waals surface area (Å²) in [5, 5.41) is 23.0. The Hall–Kier alpha value is -2.98. The zero-order chi connectivity index (χ0) is 25.4. The van der Waals surface area contributed by atoms with Crippen molar-refractivity contribution in [2.45, 2.75) is 52.2 Å². The molecule has 0 spiro atoms. The van der Waals surface area contributed by atoms with Gasteiger partial charge in [0.2, 0.25) is 0 Å². The number of aliphatic hydroxyl groups excluding tert-OH is 1. The van der Waals surface area contributed by atoms with Crippen molar-refractivity contribution >= 4 is 34.7 Å². The zero-order valence-electron chi connectivity index (χ0n) is 20.9. The van der Waals surface area contributed by atoms with Gasteiger partial charge >= 0.3 is 0 Å². The van der Waals surface area contributed by atoms with Gasteiger partial charge in [0.1, 0.15) is 0 Å². The maximum absolute atomic E-state index is 10.8. The Bertz CT molecular complexity index is 1290. The van der Waals surface area contributed by atoms with E-state index in [1.807, 2.05) is 105 Å². The van der Waals surface area contributed by atoms with Crippen molar-refractivity contribution in [3.05, 3.63) is 112 Å².